The molecular weight excluding hydrogens is 310 g/mol. The summed E-state index contributed by atoms with van der Waals surface area (Å²) in [4.78, 5) is 21.1. The van der Waals surface area contributed by atoms with Gasteiger partial charge in [-0.25, -0.2) is 4.79 Å². The molecule has 0 bridgehead atoms. The van der Waals surface area contributed by atoms with Crippen LogP contribution in [0.25, 0.3) is 0 Å². The van der Waals surface area contributed by atoms with Crippen LogP contribution < -0.4 is 5.32 Å². The fraction of sp³-hybridized carbons (Fsp3) is 0.286. The second kappa shape index (κ2) is 8.01. The number of amides is 1. The van der Waals surface area contributed by atoms with E-state index in [1.165, 1.54) is 19.1 Å². The summed E-state index contributed by atoms with van der Waals surface area (Å²) in [7, 11) is 0. The lowest BCUT2D eigenvalue weighted by Crippen LogP contribution is -2.31. The van der Waals surface area contributed by atoms with Crippen LogP contribution in [-0.4, -0.2) is 56.2 Å². The van der Waals surface area contributed by atoms with Gasteiger partial charge >= 0.3 is 5.97 Å². The molecule has 1 aliphatic heterocycles. The first-order valence-corrected chi connectivity index (χ1v) is 6.44. The van der Waals surface area contributed by atoms with Crippen LogP contribution in [0.3, 0.4) is 0 Å². The number of hydrogen-bond acceptors (Lipinski definition) is 8. The molecule has 0 saturated carbocycles. The Kier molecular flexibility index (Phi) is 6.36. The van der Waals surface area contributed by atoms with E-state index in [0.717, 1.165) is 0 Å². The van der Waals surface area contributed by atoms with Crippen molar-refractivity contribution in [2.45, 2.75) is 19.1 Å². The molecule has 0 radical (unpaired) electrons. The van der Waals surface area contributed by atoms with Crippen molar-refractivity contribution in [3.8, 4) is 5.75 Å². The zero-order chi connectivity index (χ0) is 17.6. The Balaban J connectivity index is 0.000000231. The van der Waals surface area contributed by atoms with E-state index in [-0.39, 0.29) is 11.7 Å². The Morgan fingerprint density at radius 2 is 1.83 bits per heavy atom. The van der Waals surface area contributed by atoms with Gasteiger partial charge in [-0.05, 0) is 24.3 Å². The van der Waals surface area contributed by atoms with E-state index < -0.39 is 36.3 Å². The number of carbonyl (C=O) groups excluding carboxylic acids is 2. The number of aromatic hydroxyl groups is 1. The van der Waals surface area contributed by atoms with Gasteiger partial charge in [0.15, 0.2) is 11.9 Å². The Hall–Kier alpha value is -2.78. The Labute approximate surface area is 131 Å². The Morgan fingerprint density at radius 1 is 1.26 bits per heavy atom. The molecule has 1 aromatic carbocycles. The highest BCUT2D eigenvalue weighted by Crippen LogP contribution is 2.20. The molecule has 9 heteroatoms. The predicted molar refractivity (Wildman–Crippen MR) is 77.7 cm³/mol. The third-order valence-corrected chi connectivity index (χ3v) is 2.66. The van der Waals surface area contributed by atoms with Crippen LogP contribution in [0.2, 0.25) is 0 Å². The van der Waals surface area contributed by atoms with Gasteiger partial charge in [0.1, 0.15) is 11.9 Å². The third-order valence-electron chi connectivity index (χ3n) is 2.66. The highest BCUT2D eigenvalue weighted by molar-refractivity contribution is 5.89. The van der Waals surface area contributed by atoms with E-state index in [0.29, 0.717) is 5.69 Å². The van der Waals surface area contributed by atoms with Gasteiger partial charge < -0.3 is 35.6 Å². The SMILES string of the molecule is CC(=O)Nc1ccc(O)cc1.O=C1OC(C(O)CO)C(O)=C1O. The summed E-state index contributed by atoms with van der Waals surface area (Å²) in [6, 6.07) is 6.31. The summed E-state index contributed by atoms with van der Waals surface area (Å²) < 4.78 is 4.32. The number of rotatable bonds is 3. The summed E-state index contributed by atoms with van der Waals surface area (Å²) in [5, 5.41) is 46.5. The summed E-state index contributed by atoms with van der Waals surface area (Å²) in [6.07, 6.45) is -2.78. The molecule has 9 nitrogen and oxygen atoms in total. The highest BCUT2D eigenvalue weighted by Gasteiger charge is 2.38. The minimum atomic E-state index is -1.42. The quantitative estimate of drug-likeness (QED) is 0.333. The maximum absolute atomic E-state index is 10.5. The fourth-order valence-corrected chi connectivity index (χ4v) is 1.57. The highest BCUT2D eigenvalue weighted by atomic mass is 16.6. The number of phenolic OH excluding ortho intramolecular Hbond substituents is 1. The van der Waals surface area contributed by atoms with Crippen molar-refractivity contribution >= 4 is 17.6 Å². The molecule has 0 spiro atoms. The predicted octanol–water partition coefficient (Wildman–Crippen LogP) is -0.0568. The number of cyclic esters (lactones) is 1. The van der Waals surface area contributed by atoms with Crippen LogP contribution in [0.1, 0.15) is 6.92 Å². The molecule has 6 N–H and O–H groups in total. The average Bonchev–Trinajstić information content (AvgIpc) is 2.77. The van der Waals surface area contributed by atoms with Crippen molar-refractivity contribution in [2.24, 2.45) is 0 Å². The maximum Gasteiger partial charge on any atom is 0.377 e. The number of carbonyl (C=O) groups is 2. The topological polar surface area (TPSA) is 157 Å². The first-order valence-electron chi connectivity index (χ1n) is 6.44. The molecule has 126 valence electrons. The van der Waals surface area contributed by atoms with E-state index in [1.807, 2.05) is 0 Å². The van der Waals surface area contributed by atoms with E-state index in [2.05, 4.69) is 10.1 Å². The summed E-state index contributed by atoms with van der Waals surface area (Å²) >= 11 is 0. The third kappa shape index (κ3) is 5.16. The molecule has 2 atom stereocenters. The summed E-state index contributed by atoms with van der Waals surface area (Å²) in [5.74, 6) is -2.70. The number of hydrogen-bond donors (Lipinski definition) is 6. The zero-order valence-corrected chi connectivity index (χ0v) is 12.1. The standard InChI is InChI=1S/C8H9NO2.C6H8O6/c1-6(10)9-7-2-4-8(11)5-3-7;7-1-2(8)5-3(9)4(10)6(11)12-5/h2-5,11H,1H3,(H,9,10);2,5,7-10H,1H2. The monoisotopic (exact) mass is 327 g/mol. The van der Waals surface area contributed by atoms with E-state index >= 15 is 0 Å². The molecule has 1 amide bonds. The van der Waals surface area contributed by atoms with Gasteiger partial charge in [-0.3, -0.25) is 4.79 Å². The van der Waals surface area contributed by atoms with Crippen molar-refractivity contribution < 1.29 is 39.9 Å². The van der Waals surface area contributed by atoms with Crippen LogP contribution in [0.15, 0.2) is 35.8 Å². The van der Waals surface area contributed by atoms with E-state index in [1.54, 1.807) is 12.1 Å². The zero-order valence-electron chi connectivity index (χ0n) is 12.1. The second-order valence-corrected chi connectivity index (χ2v) is 4.54. The Morgan fingerprint density at radius 3 is 2.22 bits per heavy atom. The van der Waals surface area contributed by atoms with Crippen molar-refractivity contribution in [3.05, 3.63) is 35.8 Å². The molecule has 0 fully saturated rings. The van der Waals surface area contributed by atoms with Gasteiger partial charge in [-0.15, -0.1) is 0 Å². The van der Waals surface area contributed by atoms with Crippen LogP contribution in [0.4, 0.5) is 5.69 Å². The Bertz CT molecular complexity index is 595. The van der Waals surface area contributed by atoms with Crippen molar-refractivity contribution in [3.63, 3.8) is 0 Å². The number of esters is 1. The van der Waals surface area contributed by atoms with Crippen LogP contribution in [-0.2, 0) is 14.3 Å². The van der Waals surface area contributed by atoms with E-state index in [4.69, 9.17) is 25.5 Å². The van der Waals surface area contributed by atoms with Gasteiger partial charge in [0.2, 0.25) is 11.7 Å². The molecular formula is C14H17NO8. The molecule has 0 aliphatic carbocycles. The molecule has 23 heavy (non-hydrogen) atoms. The first kappa shape index (κ1) is 18.3. The molecule has 1 aliphatic rings. The molecule has 1 aromatic rings. The first-order chi connectivity index (χ1) is 10.8. The molecule has 0 aromatic heterocycles. The van der Waals surface area contributed by atoms with Gasteiger partial charge in [0, 0.05) is 12.6 Å². The lowest BCUT2D eigenvalue weighted by molar-refractivity contribution is -0.147. The number of phenols is 1. The number of aliphatic hydroxyl groups excluding tert-OH is 4. The van der Waals surface area contributed by atoms with Crippen molar-refractivity contribution in [1.29, 1.82) is 0 Å². The normalized spacial score (nSPS) is 17.9. The van der Waals surface area contributed by atoms with E-state index in [9.17, 15) is 9.59 Å². The fourth-order valence-electron chi connectivity index (χ4n) is 1.57. The minimum absolute atomic E-state index is 0.115. The second-order valence-electron chi connectivity index (χ2n) is 4.54. The molecule has 0 saturated heterocycles. The smallest absolute Gasteiger partial charge is 0.377 e. The average molecular weight is 327 g/mol. The number of anilines is 1. The molecule has 1 heterocycles. The van der Waals surface area contributed by atoms with Gasteiger partial charge in [0.05, 0.1) is 6.61 Å². The van der Waals surface area contributed by atoms with Crippen LogP contribution >= 0.6 is 0 Å². The maximum atomic E-state index is 10.5. The number of aliphatic hydroxyl groups is 4. The molecule has 2 rings (SSSR count). The summed E-state index contributed by atoms with van der Waals surface area (Å²) in [5.41, 5.74) is 0.690. The number of benzene rings is 1. The summed E-state index contributed by atoms with van der Waals surface area (Å²) in [6.45, 7) is 0.766. The van der Waals surface area contributed by atoms with Gasteiger partial charge in [0.25, 0.3) is 0 Å². The number of ether oxygens (including phenoxy) is 1. The lowest BCUT2D eigenvalue weighted by atomic mass is 10.2. The van der Waals surface area contributed by atoms with Gasteiger partial charge in [-0.1, -0.05) is 0 Å². The van der Waals surface area contributed by atoms with Crippen LogP contribution in [0, 0.1) is 0 Å². The number of nitrogens with one attached hydrogen (secondary N) is 1. The minimum Gasteiger partial charge on any atom is -0.508 e. The van der Waals surface area contributed by atoms with Gasteiger partial charge in [-0.2, -0.15) is 0 Å². The largest absolute Gasteiger partial charge is 0.508 e. The lowest BCUT2D eigenvalue weighted by Gasteiger charge is -2.13. The van der Waals surface area contributed by atoms with Crippen molar-refractivity contribution in [1.82, 2.24) is 0 Å². The van der Waals surface area contributed by atoms with Crippen molar-refractivity contribution in [2.75, 3.05) is 11.9 Å². The van der Waals surface area contributed by atoms with Crippen LogP contribution in [0.5, 0.6) is 5.75 Å². The molecule has 2 unspecified atom stereocenters.